The predicted octanol–water partition coefficient (Wildman–Crippen LogP) is 3.15. The Kier molecular flexibility index (Phi) is 5.64. The van der Waals surface area contributed by atoms with Crippen molar-refractivity contribution in [2.75, 3.05) is 26.0 Å². The van der Waals surface area contributed by atoms with E-state index < -0.39 is 0 Å². The number of methoxy groups -OCH3 is 1. The van der Waals surface area contributed by atoms with Gasteiger partial charge in [0.25, 0.3) is 0 Å². The van der Waals surface area contributed by atoms with Crippen molar-refractivity contribution in [2.45, 2.75) is 11.3 Å². The Morgan fingerprint density at radius 2 is 2.08 bits per heavy atom. The number of hydrogen-bond acceptors (Lipinski definition) is 4. The normalized spacial score (nSPS) is 16.0. The van der Waals surface area contributed by atoms with E-state index in [-0.39, 0.29) is 11.8 Å². The fraction of sp³-hybridized carbons (Fsp3) is 0.316. The standard InChI is InChI=1S/C19H21NO3S/c1-22-17-9-5-6-15-10-14(12-23-19(15)17)11-20-18(21)13-24-16-7-3-2-4-8-16/h2-9,14H,10-13H2,1H3,(H,20,21)/t14-/m0/s1. The van der Waals surface area contributed by atoms with Gasteiger partial charge in [-0.25, -0.2) is 0 Å². The third-order valence-corrected chi connectivity index (χ3v) is 4.97. The molecule has 2 aromatic rings. The van der Waals surface area contributed by atoms with Crippen molar-refractivity contribution in [3.05, 3.63) is 54.1 Å². The molecule has 0 radical (unpaired) electrons. The number of hydrogen-bond donors (Lipinski definition) is 1. The number of nitrogens with one attached hydrogen (secondary N) is 1. The molecule has 1 atom stereocenters. The Hall–Kier alpha value is -2.14. The Morgan fingerprint density at radius 3 is 2.88 bits per heavy atom. The van der Waals surface area contributed by atoms with Gasteiger partial charge in [0.15, 0.2) is 11.5 Å². The number of carbonyl (C=O) groups excluding carboxylic acids is 1. The quantitative estimate of drug-likeness (QED) is 0.819. The van der Waals surface area contributed by atoms with Gasteiger partial charge in [-0.15, -0.1) is 11.8 Å². The zero-order valence-corrected chi connectivity index (χ0v) is 14.5. The zero-order chi connectivity index (χ0) is 16.8. The summed E-state index contributed by atoms with van der Waals surface area (Å²) in [6.45, 7) is 1.23. The molecule has 1 aliphatic rings. The highest BCUT2D eigenvalue weighted by Gasteiger charge is 2.22. The number of amides is 1. The number of carbonyl (C=O) groups is 1. The second-order valence-corrected chi connectivity index (χ2v) is 6.78. The lowest BCUT2D eigenvalue weighted by Gasteiger charge is -2.26. The molecular formula is C19H21NO3S. The lowest BCUT2D eigenvalue weighted by Crippen LogP contribution is -2.35. The predicted molar refractivity (Wildman–Crippen MR) is 95.9 cm³/mol. The number of benzene rings is 2. The fourth-order valence-electron chi connectivity index (χ4n) is 2.72. The van der Waals surface area contributed by atoms with Crippen LogP contribution in [0.25, 0.3) is 0 Å². The van der Waals surface area contributed by atoms with Crippen LogP contribution in [0.4, 0.5) is 0 Å². The molecule has 0 saturated carbocycles. The first kappa shape index (κ1) is 16.7. The lowest BCUT2D eigenvalue weighted by molar-refractivity contribution is -0.118. The molecule has 1 amide bonds. The van der Waals surface area contributed by atoms with Crippen molar-refractivity contribution in [2.24, 2.45) is 5.92 Å². The summed E-state index contributed by atoms with van der Waals surface area (Å²) in [6.07, 6.45) is 0.888. The van der Waals surface area contributed by atoms with Crippen LogP contribution in [-0.4, -0.2) is 31.9 Å². The molecule has 1 N–H and O–H groups in total. The molecule has 126 valence electrons. The Labute approximate surface area is 146 Å². The highest BCUT2D eigenvalue weighted by molar-refractivity contribution is 8.00. The monoisotopic (exact) mass is 343 g/mol. The lowest BCUT2D eigenvalue weighted by atomic mass is 9.96. The minimum absolute atomic E-state index is 0.0558. The van der Waals surface area contributed by atoms with E-state index in [9.17, 15) is 4.79 Å². The summed E-state index contributed by atoms with van der Waals surface area (Å²) in [6, 6.07) is 15.9. The molecule has 0 bridgehead atoms. The molecule has 2 aromatic carbocycles. The topological polar surface area (TPSA) is 47.6 Å². The molecule has 0 aromatic heterocycles. The van der Waals surface area contributed by atoms with Gasteiger partial charge in [-0.05, 0) is 30.2 Å². The van der Waals surface area contributed by atoms with Crippen molar-refractivity contribution in [3.8, 4) is 11.5 Å². The molecule has 0 aliphatic carbocycles. The second-order valence-electron chi connectivity index (χ2n) is 5.74. The van der Waals surface area contributed by atoms with E-state index in [1.54, 1.807) is 18.9 Å². The van der Waals surface area contributed by atoms with Gasteiger partial charge in [-0.2, -0.15) is 0 Å². The number of para-hydroxylation sites is 1. The Morgan fingerprint density at radius 1 is 1.25 bits per heavy atom. The van der Waals surface area contributed by atoms with Gasteiger partial charge >= 0.3 is 0 Å². The highest BCUT2D eigenvalue weighted by Crippen LogP contribution is 2.35. The van der Waals surface area contributed by atoms with E-state index >= 15 is 0 Å². The SMILES string of the molecule is COc1cccc2c1OC[C@H](CNC(=O)CSc1ccccc1)C2. The van der Waals surface area contributed by atoms with Gasteiger partial charge in [-0.3, -0.25) is 4.79 Å². The fourth-order valence-corrected chi connectivity index (χ4v) is 3.47. The number of rotatable bonds is 6. The van der Waals surface area contributed by atoms with Gasteiger partial charge < -0.3 is 14.8 Å². The minimum atomic E-state index is 0.0558. The number of fused-ring (bicyclic) bond motifs is 1. The largest absolute Gasteiger partial charge is 0.493 e. The van der Waals surface area contributed by atoms with E-state index in [1.807, 2.05) is 42.5 Å². The maximum Gasteiger partial charge on any atom is 0.230 e. The molecule has 0 spiro atoms. The highest BCUT2D eigenvalue weighted by atomic mass is 32.2. The van der Waals surface area contributed by atoms with Gasteiger partial charge in [0, 0.05) is 17.4 Å². The molecule has 24 heavy (non-hydrogen) atoms. The van der Waals surface area contributed by atoms with Crippen molar-refractivity contribution in [1.29, 1.82) is 0 Å². The first-order chi connectivity index (χ1) is 11.8. The Bertz CT molecular complexity index is 690. The van der Waals surface area contributed by atoms with Gasteiger partial charge in [0.1, 0.15) is 0 Å². The average molecular weight is 343 g/mol. The number of thioether (sulfide) groups is 1. The average Bonchev–Trinajstić information content (AvgIpc) is 2.64. The van der Waals surface area contributed by atoms with Crippen LogP contribution >= 0.6 is 11.8 Å². The number of ether oxygens (including phenoxy) is 2. The van der Waals surface area contributed by atoms with Gasteiger partial charge in [-0.1, -0.05) is 30.3 Å². The van der Waals surface area contributed by atoms with Crippen LogP contribution in [0.1, 0.15) is 5.56 Å². The van der Waals surface area contributed by atoms with Crippen LogP contribution in [0.15, 0.2) is 53.4 Å². The van der Waals surface area contributed by atoms with Crippen LogP contribution in [0.3, 0.4) is 0 Å². The second kappa shape index (κ2) is 8.11. The van der Waals surface area contributed by atoms with Gasteiger partial charge in [0.05, 0.1) is 19.5 Å². The van der Waals surface area contributed by atoms with E-state index in [0.717, 1.165) is 28.4 Å². The van der Waals surface area contributed by atoms with Crippen molar-refractivity contribution < 1.29 is 14.3 Å². The Balaban J connectivity index is 1.46. The summed E-state index contributed by atoms with van der Waals surface area (Å²) in [7, 11) is 1.65. The molecule has 0 unspecified atom stereocenters. The van der Waals surface area contributed by atoms with Crippen molar-refractivity contribution in [3.63, 3.8) is 0 Å². The summed E-state index contributed by atoms with van der Waals surface area (Å²) in [5, 5.41) is 3.01. The summed E-state index contributed by atoms with van der Waals surface area (Å²) in [5.41, 5.74) is 1.14. The molecule has 3 rings (SSSR count). The van der Waals surface area contributed by atoms with E-state index in [4.69, 9.17) is 9.47 Å². The van der Waals surface area contributed by atoms with Crippen LogP contribution in [0.5, 0.6) is 11.5 Å². The van der Waals surface area contributed by atoms with E-state index in [0.29, 0.717) is 18.9 Å². The molecule has 1 heterocycles. The maximum absolute atomic E-state index is 12.0. The van der Waals surface area contributed by atoms with Crippen LogP contribution < -0.4 is 14.8 Å². The van der Waals surface area contributed by atoms with Crippen molar-refractivity contribution in [1.82, 2.24) is 5.32 Å². The molecule has 5 heteroatoms. The van der Waals surface area contributed by atoms with Crippen LogP contribution in [-0.2, 0) is 11.2 Å². The molecule has 4 nitrogen and oxygen atoms in total. The van der Waals surface area contributed by atoms with Crippen molar-refractivity contribution >= 4 is 17.7 Å². The summed E-state index contributed by atoms with van der Waals surface area (Å²) < 4.78 is 11.2. The summed E-state index contributed by atoms with van der Waals surface area (Å²) in [4.78, 5) is 13.1. The molecule has 1 aliphatic heterocycles. The third-order valence-electron chi connectivity index (χ3n) is 3.95. The van der Waals surface area contributed by atoms with Crippen LogP contribution in [0.2, 0.25) is 0 Å². The van der Waals surface area contributed by atoms with Gasteiger partial charge in [0.2, 0.25) is 5.91 Å². The molecular weight excluding hydrogens is 322 g/mol. The maximum atomic E-state index is 12.0. The smallest absolute Gasteiger partial charge is 0.230 e. The summed E-state index contributed by atoms with van der Waals surface area (Å²) in [5.74, 6) is 2.38. The molecule has 0 saturated heterocycles. The first-order valence-corrected chi connectivity index (χ1v) is 8.98. The van der Waals surface area contributed by atoms with E-state index in [2.05, 4.69) is 11.4 Å². The summed E-state index contributed by atoms with van der Waals surface area (Å²) >= 11 is 1.55. The van der Waals surface area contributed by atoms with Crippen LogP contribution in [0, 0.1) is 5.92 Å². The van der Waals surface area contributed by atoms with E-state index in [1.165, 1.54) is 0 Å². The first-order valence-electron chi connectivity index (χ1n) is 7.99. The minimum Gasteiger partial charge on any atom is -0.493 e. The third kappa shape index (κ3) is 4.23. The molecule has 0 fully saturated rings. The zero-order valence-electron chi connectivity index (χ0n) is 13.7.